The molecule has 0 unspecified atom stereocenters. The topological polar surface area (TPSA) is 82.6 Å². The van der Waals surface area contributed by atoms with Gasteiger partial charge in [0, 0.05) is 32.3 Å². The molecule has 1 aliphatic heterocycles. The first kappa shape index (κ1) is 24.5. The predicted octanol–water partition coefficient (Wildman–Crippen LogP) is 4.18. The maximum absolute atomic E-state index is 13.0. The van der Waals surface area contributed by atoms with Crippen molar-refractivity contribution in [1.29, 1.82) is 0 Å². The zero-order valence-corrected chi connectivity index (χ0v) is 21.5. The Morgan fingerprint density at radius 1 is 1.06 bits per heavy atom. The van der Waals surface area contributed by atoms with E-state index in [-0.39, 0.29) is 16.2 Å². The molecule has 0 radical (unpaired) electrons. The zero-order valence-electron chi connectivity index (χ0n) is 19.9. The second kappa shape index (κ2) is 9.58. The Hall–Kier alpha value is -2.59. The molecule has 0 saturated carbocycles. The van der Waals surface area contributed by atoms with Crippen molar-refractivity contribution in [3.05, 3.63) is 59.7 Å². The standard InChI is InChI=1S/C25H30N4O3S2/c1-25(2,3)19-8-5-18(6-9-19)7-12-23(30)27-24-26-21-11-10-20(17-22(21)33-24)34(31,32)29-15-13-28(4)14-16-29/h5-12,17H,13-16H2,1-4H3,(H,26,27,30)/b12-7+. The van der Waals surface area contributed by atoms with Crippen LogP contribution in [0.2, 0.25) is 0 Å². The maximum atomic E-state index is 13.0. The SMILES string of the molecule is CN1CCN(S(=O)(=O)c2ccc3nc(NC(=O)/C=C/c4ccc(C(C)(C)C)cc4)sc3c2)CC1. The minimum absolute atomic E-state index is 0.0795. The van der Waals surface area contributed by atoms with Gasteiger partial charge in [-0.2, -0.15) is 4.31 Å². The number of nitrogens with zero attached hydrogens (tertiary/aromatic N) is 3. The van der Waals surface area contributed by atoms with Crippen molar-refractivity contribution in [3.8, 4) is 0 Å². The molecule has 1 aromatic heterocycles. The average molecular weight is 499 g/mol. The van der Waals surface area contributed by atoms with Crippen LogP contribution in [-0.4, -0.2) is 61.7 Å². The van der Waals surface area contributed by atoms with E-state index in [0.29, 0.717) is 41.5 Å². The highest BCUT2D eigenvalue weighted by Gasteiger charge is 2.27. The van der Waals surface area contributed by atoms with Gasteiger partial charge in [-0.05, 0) is 47.9 Å². The van der Waals surface area contributed by atoms with Crippen molar-refractivity contribution in [3.63, 3.8) is 0 Å². The average Bonchev–Trinajstić information content (AvgIpc) is 3.19. The number of amides is 1. The van der Waals surface area contributed by atoms with Crippen LogP contribution >= 0.6 is 11.3 Å². The molecule has 0 bridgehead atoms. The molecule has 1 N–H and O–H groups in total. The van der Waals surface area contributed by atoms with Crippen LogP contribution in [0.5, 0.6) is 0 Å². The number of nitrogens with one attached hydrogen (secondary N) is 1. The van der Waals surface area contributed by atoms with Gasteiger partial charge < -0.3 is 4.90 Å². The third-order valence-electron chi connectivity index (χ3n) is 5.89. The summed E-state index contributed by atoms with van der Waals surface area (Å²) in [5, 5.41) is 3.21. The summed E-state index contributed by atoms with van der Waals surface area (Å²) in [5.41, 5.74) is 2.90. The van der Waals surface area contributed by atoms with Crippen molar-refractivity contribution in [1.82, 2.24) is 14.2 Å². The van der Waals surface area contributed by atoms with Gasteiger partial charge in [-0.25, -0.2) is 13.4 Å². The van der Waals surface area contributed by atoms with E-state index in [1.54, 1.807) is 24.3 Å². The maximum Gasteiger partial charge on any atom is 0.250 e. The number of benzene rings is 2. The van der Waals surface area contributed by atoms with Gasteiger partial charge in [0.05, 0.1) is 15.1 Å². The minimum Gasteiger partial charge on any atom is -0.304 e. The van der Waals surface area contributed by atoms with Crippen LogP contribution < -0.4 is 5.32 Å². The molecule has 180 valence electrons. The molecule has 3 aromatic rings. The lowest BCUT2D eigenvalue weighted by Crippen LogP contribution is -2.46. The number of piperazine rings is 1. The number of carbonyl (C=O) groups excluding carboxylic acids is 1. The quantitative estimate of drug-likeness (QED) is 0.534. The van der Waals surface area contributed by atoms with Gasteiger partial charge in [-0.1, -0.05) is 56.4 Å². The van der Waals surface area contributed by atoms with Gasteiger partial charge >= 0.3 is 0 Å². The van der Waals surface area contributed by atoms with Gasteiger partial charge in [0.15, 0.2) is 5.13 Å². The number of hydrogen-bond donors (Lipinski definition) is 1. The second-order valence-corrected chi connectivity index (χ2v) is 12.5. The summed E-state index contributed by atoms with van der Waals surface area (Å²) in [6, 6.07) is 13.0. The summed E-state index contributed by atoms with van der Waals surface area (Å²) >= 11 is 1.26. The molecule has 0 spiro atoms. The summed E-state index contributed by atoms with van der Waals surface area (Å²) in [6.45, 7) is 8.87. The molecular weight excluding hydrogens is 468 g/mol. The van der Waals surface area contributed by atoms with Crippen molar-refractivity contribution in [2.45, 2.75) is 31.1 Å². The Labute approximate surface area is 205 Å². The van der Waals surface area contributed by atoms with Crippen molar-refractivity contribution >= 4 is 48.7 Å². The van der Waals surface area contributed by atoms with Crippen LogP contribution in [0.15, 0.2) is 53.4 Å². The fraction of sp³-hybridized carbons (Fsp3) is 0.360. The summed E-state index contributed by atoms with van der Waals surface area (Å²) in [6.07, 6.45) is 3.23. The largest absolute Gasteiger partial charge is 0.304 e. The highest BCUT2D eigenvalue weighted by Crippen LogP contribution is 2.29. The van der Waals surface area contributed by atoms with Crippen molar-refractivity contribution < 1.29 is 13.2 Å². The van der Waals surface area contributed by atoms with Crippen molar-refractivity contribution in [2.24, 2.45) is 0 Å². The number of likely N-dealkylation sites (N-methyl/N-ethyl adjacent to an activating group) is 1. The molecule has 2 heterocycles. The van der Waals surface area contributed by atoms with Crippen molar-refractivity contribution in [2.75, 3.05) is 38.5 Å². The molecular formula is C25H30N4O3S2. The minimum atomic E-state index is -3.56. The number of anilines is 1. The molecule has 1 amide bonds. The van der Waals surface area contributed by atoms with Crippen LogP contribution in [0.4, 0.5) is 5.13 Å². The molecule has 1 saturated heterocycles. The molecule has 7 nitrogen and oxygen atoms in total. The van der Waals surface area contributed by atoms with Gasteiger partial charge in [-0.15, -0.1) is 0 Å². The van der Waals surface area contributed by atoms with Gasteiger partial charge in [0.25, 0.3) is 0 Å². The number of sulfonamides is 1. The second-order valence-electron chi connectivity index (χ2n) is 9.55. The molecule has 0 aliphatic carbocycles. The van der Waals surface area contributed by atoms with Gasteiger partial charge in [-0.3, -0.25) is 10.1 Å². The Morgan fingerprint density at radius 3 is 2.38 bits per heavy atom. The van der Waals surface area contributed by atoms with Crippen LogP contribution in [0.1, 0.15) is 31.9 Å². The first-order valence-corrected chi connectivity index (χ1v) is 13.5. The summed E-state index contributed by atoms with van der Waals surface area (Å²) in [5.74, 6) is -0.288. The lowest BCUT2D eigenvalue weighted by Gasteiger charge is -2.31. The van der Waals surface area contributed by atoms with Gasteiger partial charge in [0.2, 0.25) is 15.9 Å². The monoisotopic (exact) mass is 498 g/mol. The van der Waals surface area contributed by atoms with Gasteiger partial charge in [0.1, 0.15) is 0 Å². The summed E-state index contributed by atoms with van der Waals surface area (Å²) in [7, 11) is -1.57. The third-order valence-corrected chi connectivity index (χ3v) is 8.72. The smallest absolute Gasteiger partial charge is 0.250 e. The predicted molar refractivity (Wildman–Crippen MR) is 139 cm³/mol. The Kier molecular flexibility index (Phi) is 6.91. The molecule has 4 rings (SSSR count). The fourth-order valence-corrected chi connectivity index (χ4v) is 6.14. The van der Waals surface area contributed by atoms with E-state index in [9.17, 15) is 13.2 Å². The molecule has 9 heteroatoms. The van der Waals surface area contributed by atoms with E-state index in [2.05, 4.69) is 48.1 Å². The lowest BCUT2D eigenvalue weighted by atomic mass is 9.87. The fourth-order valence-electron chi connectivity index (χ4n) is 3.71. The molecule has 2 aromatic carbocycles. The molecule has 0 atom stereocenters. The lowest BCUT2D eigenvalue weighted by molar-refractivity contribution is -0.111. The van der Waals surface area contributed by atoms with Crippen LogP contribution in [0.25, 0.3) is 16.3 Å². The number of hydrogen-bond acceptors (Lipinski definition) is 6. The third kappa shape index (κ3) is 5.55. The summed E-state index contributed by atoms with van der Waals surface area (Å²) < 4.78 is 28.3. The van der Waals surface area contributed by atoms with E-state index in [0.717, 1.165) is 5.56 Å². The molecule has 1 aliphatic rings. The number of rotatable bonds is 5. The number of fused-ring (bicyclic) bond motifs is 1. The number of thiazole rings is 1. The van der Waals surface area contributed by atoms with E-state index in [1.807, 2.05) is 19.2 Å². The van der Waals surface area contributed by atoms with Crippen LogP contribution in [0.3, 0.4) is 0 Å². The Bertz CT molecular complexity index is 1310. The van der Waals surface area contributed by atoms with Crippen LogP contribution in [0, 0.1) is 0 Å². The van der Waals surface area contributed by atoms with Crippen LogP contribution in [-0.2, 0) is 20.2 Å². The van der Waals surface area contributed by atoms with E-state index >= 15 is 0 Å². The Morgan fingerprint density at radius 2 is 1.74 bits per heavy atom. The first-order valence-electron chi connectivity index (χ1n) is 11.2. The summed E-state index contributed by atoms with van der Waals surface area (Å²) in [4.78, 5) is 19.2. The van der Waals surface area contributed by atoms with E-state index < -0.39 is 10.0 Å². The number of aromatic nitrogens is 1. The number of carbonyl (C=O) groups is 1. The highest BCUT2D eigenvalue weighted by molar-refractivity contribution is 7.89. The van der Waals surface area contributed by atoms with E-state index in [4.69, 9.17) is 0 Å². The Balaban J connectivity index is 1.45. The van der Waals surface area contributed by atoms with E-state index in [1.165, 1.54) is 27.3 Å². The molecule has 1 fully saturated rings. The first-order chi connectivity index (χ1) is 16.0. The molecule has 34 heavy (non-hydrogen) atoms. The normalized spacial score (nSPS) is 16.4. The highest BCUT2D eigenvalue weighted by atomic mass is 32.2. The zero-order chi connectivity index (χ0) is 24.5.